The molecule has 0 aliphatic carbocycles. The highest BCUT2D eigenvalue weighted by Gasteiger charge is 2.00. The Morgan fingerprint density at radius 1 is 0.960 bits per heavy atom. The molecule has 0 atom stereocenters. The van der Waals surface area contributed by atoms with E-state index in [9.17, 15) is 4.79 Å². The van der Waals surface area contributed by atoms with Crippen LogP contribution < -0.4 is 0 Å². The molecule has 0 aromatic rings. The second-order valence-corrected chi connectivity index (χ2v) is 6.44. The lowest BCUT2D eigenvalue weighted by Crippen LogP contribution is -1.96. The third-order valence-electron chi connectivity index (χ3n) is 3.37. The summed E-state index contributed by atoms with van der Waals surface area (Å²) in [6.45, 7) is 4.33. The first-order valence-corrected chi connectivity index (χ1v) is 10.8. The van der Waals surface area contributed by atoms with E-state index in [1.54, 1.807) is 0 Å². The van der Waals surface area contributed by atoms with Crippen LogP contribution in [0.3, 0.4) is 0 Å². The van der Waals surface area contributed by atoms with Crippen molar-refractivity contribution in [2.24, 2.45) is 0 Å². The molecule has 140 valence electrons. The minimum absolute atomic E-state index is 0.206. The summed E-state index contributed by atoms with van der Waals surface area (Å²) in [5.41, 5.74) is 1.40. The van der Waals surface area contributed by atoms with Crippen molar-refractivity contribution in [3.05, 3.63) is 60.3 Å². The van der Waals surface area contributed by atoms with Gasteiger partial charge in [0.25, 0.3) is 0 Å². The maximum absolute atomic E-state index is 11.1. The molecule has 0 fully saturated rings. The number of carbonyl (C=O) groups excluding carboxylic acids is 1. The highest BCUT2D eigenvalue weighted by atomic mass is 33.1. The van der Waals surface area contributed by atoms with Gasteiger partial charge in [0.1, 0.15) is 11.1 Å². The second-order valence-electron chi connectivity index (χ2n) is 5.68. The van der Waals surface area contributed by atoms with Crippen molar-refractivity contribution in [3.63, 3.8) is 0 Å². The van der Waals surface area contributed by atoms with Crippen molar-refractivity contribution in [2.75, 3.05) is 0 Å². The molecule has 0 rings (SSSR count). The Labute approximate surface area is 163 Å². The molecule has 25 heavy (non-hydrogen) atoms. The summed E-state index contributed by atoms with van der Waals surface area (Å²) in [6, 6.07) is 0. The van der Waals surface area contributed by atoms with Gasteiger partial charge in [-0.05, 0) is 51.9 Å². The molecular weight excluding hydrogens is 348 g/mol. The summed E-state index contributed by atoms with van der Waals surface area (Å²) in [4.78, 5) is 11.1. The molecular formula is C21H32O2S2. The number of unbranched alkanes of at least 4 members (excludes halogenated alkanes) is 1. The molecule has 0 radical (unpaired) electrons. The Kier molecular flexibility index (Phi) is 18.3. The average molecular weight is 381 g/mol. The molecule has 0 aliphatic heterocycles. The van der Waals surface area contributed by atoms with Crippen LogP contribution in [0.15, 0.2) is 60.3 Å². The SMILES string of the molecule is CCC=CCC=CCC=C(C)CC=CCC=CCCCC(=O)OSS. The van der Waals surface area contributed by atoms with E-state index in [4.69, 9.17) is 0 Å². The van der Waals surface area contributed by atoms with Gasteiger partial charge in [-0.2, -0.15) is 0 Å². The van der Waals surface area contributed by atoms with Crippen LogP contribution >= 0.6 is 22.7 Å². The van der Waals surface area contributed by atoms with E-state index in [0.717, 1.165) is 56.0 Å². The lowest BCUT2D eigenvalue weighted by atomic mass is 10.1. The fraction of sp³-hybridized carbons (Fsp3) is 0.476. The van der Waals surface area contributed by atoms with Crippen LogP contribution in [0.2, 0.25) is 0 Å². The minimum atomic E-state index is -0.206. The fourth-order valence-corrected chi connectivity index (χ4v) is 2.41. The quantitative estimate of drug-likeness (QED) is 0.112. The van der Waals surface area contributed by atoms with Gasteiger partial charge >= 0.3 is 5.97 Å². The number of hydrogen-bond acceptors (Lipinski definition) is 4. The fourth-order valence-electron chi connectivity index (χ4n) is 1.99. The highest BCUT2D eigenvalue weighted by Crippen LogP contribution is 2.10. The Bertz CT molecular complexity index is 474. The summed E-state index contributed by atoms with van der Waals surface area (Å²) in [7, 11) is 0. The van der Waals surface area contributed by atoms with Gasteiger partial charge < -0.3 is 4.18 Å². The first kappa shape index (κ1) is 23.9. The van der Waals surface area contributed by atoms with Crippen molar-refractivity contribution in [1.29, 1.82) is 0 Å². The lowest BCUT2D eigenvalue weighted by Gasteiger charge is -1.96. The minimum Gasteiger partial charge on any atom is -0.380 e. The Hall–Kier alpha value is -1.13. The number of thiol groups is 1. The zero-order valence-electron chi connectivity index (χ0n) is 15.5. The molecule has 0 aliphatic rings. The van der Waals surface area contributed by atoms with E-state index in [-0.39, 0.29) is 5.97 Å². The zero-order chi connectivity index (χ0) is 18.6. The molecule has 0 spiro atoms. The summed E-state index contributed by atoms with van der Waals surface area (Å²) in [5.74, 6) is -0.206. The Morgan fingerprint density at radius 2 is 1.60 bits per heavy atom. The molecule has 0 saturated carbocycles. The molecule has 0 bridgehead atoms. The topological polar surface area (TPSA) is 26.3 Å². The molecule has 0 aromatic carbocycles. The molecule has 0 aromatic heterocycles. The van der Waals surface area contributed by atoms with E-state index in [1.807, 2.05) is 0 Å². The highest BCUT2D eigenvalue weighted by molar-refractivity contribution is 8.66. The van der Waals surface area contributed by atoms with Crippen molar-refractivity contribution in [3.8, 4) is 0 Å². The molecule has 0 saturated heterocycles. The first-order valence-electron chi connectivity index (χ1n) is 8.97. The molecule has 2 nitrogen and oxygen atoms in total. The van der Waals surface area contributed by atoms with E-state index in [2.05, 4.69) is 84.4 Å². The summed E-state index contributed by atoms with van der Waals surface area (Å²) >= 11 is 4.57. The van der Waals surface area contributed by atoms with E-state index in [1.165, 1.54) is 5.57 Å². The average Bonchev–Trinajstić information content (AvgIpc) is 2.59. The van der Waals surface area contributed by atoms with Crippen molar-refractivity contribution in [1.82, 2.24) is 0 Å². The largest absolute Gasteiger partial charge is 0.380 e. The van der Waals surface area contributed by atoms with Gasteiger partial charge in [-0.3, -0.25) is 4.79 Å². The predicted molar refractivity (Wildman–Crippen MR) is 116 cm³/mol. The van der Waals surface area contributed by atoms with Gasteiger partial charge in [0, 0.05) is 6.42 Å². The third-order valence-corrected chi connectivity index (χ3v) is 3.85. The molecule has 4 heteroatoms. The van der Waals surface area contributed by atoms with Crippen molar-refractivity contribution >= 4 is 28.7 Å². The lowest BCUT2D eigenvalue weighted by molar-refractivity contribution is -0.133. The zero-order valence-corrected chi connectivity index (χ0v) is 17.2. The van der Waals surface area contributed by atoms with Gasteiger partial charge in [-0.1, -0.05) is 78.8 Å². The van der Waals surface area contributed by atoms with Crippen LogP contribution in [0.25, 0.3) is 0 Å². The van der Waals surface area contributed by atoms with Gasteiger partial charge in [0.15, 0.2) is 0 Å². The molecule has 0 unspecified atom stereocenters. The summed E-state index contributed by atoms with van der Waals surface area (Å²) < 4.78 is 4.68. The van der Waals surface area contributed by atoms with Gasteiger partial charge in [0.05, 0.1) is 0 Å². The maximum atomic E-state index is 11.1. The summed E-state index contributed by atoms with van der Waals surface area (Å²) in [6.07, 6.45) is 27.0. The standard InChI is InChI=1S/C21H32O2S2/c1-3-4-5-6-8-11-14-17-20(2)18-15-12-9-7-10-13-16-19-21(22)23-25-24/h4-5,7-8,10-12,15,17,24H,3,6,9,13-14,16,18-19H2,1-2H3. The van der Waals surface area contributed by atoms with Crippen LogP contribution in [-0.4, -0.2) is 5.97 Å². The molecule has 0 amide bonds. The third kappa shape index (κ3) is 19.0. The number of rotatable bonds is 14. The normalized spacial score (nSPS) is 13.0. The van der Waals surface area contributed by atoms with E-state index in [0.29, 0.717) is 6.42 Å². The molecule has 0 N–H and O–H groups in total. The van der Waals surface area contributed by atoms with Gasteiger partial charge in [-0.25, -0.2) is 0 Å². The second kappa shape index (κ2) is 19.2. The summed E-state index contributed by atoms with van der Waals surface area (Å²) in [5, 5.41) is 0. The Morgan fingerprint density at radius 3 is 2.32 bits per heavy atom. The van der Waals surface area contributed by atoms with Crippen molar-refractivity contribution in [2.45, 2.75) is 65.2 Å². The maximum Gasteiger partial charge on any atom is 0.318 e. The monoisotopic (exact) mass is 380 g/mol. The van der Waals surface area contributed by atoms with Gasteiger partial charge in [-0.15, -0.1) is 0 Å². The van der Waals surface area contributed by atoms with Crippen LogP contribution in [0.1, 0.15) is 65.2 Å². The smallest absolute Gasteiger partial charge is 0.318 e. The van der Waals surface area contributed by atoms with E-state index >= 15 is 0 Å². The van der Waals surface area contributed by atoms with Crippen molar-refractivity contribution < 1.29 is 8.98 Å². The van der Waals surface area contributed by atoms with Crippen LogP contribution in [0.5, 0.6) is 0 Å². The van der Waals surface area contributed by atoms with Crippen LogP contribution in [0.4, 0.5) is 0 Å². The Balaban J connectivity index is 3.68. The number of hydrogen-bond donors (Lipinski definition) is 1. The number of allylic oxidation sites excluding steroid dienone is 10. The number of carbonyl (C=O) groups is 1. The first-order chi connectivity index (χ1) is 12.2. The molecule has 0 heterocycles. The van der Waals surface area contributed by atoms with Crippen LogP contribution in [-0.2, 0) is 8.98 Å². The van der Waals surface area contributed by atoms with Gasteiger partial charge in [0.2, 0.25) is 0 Å². The predicted octanol–water partition coefficient (Wildman–Crippen LogP) is 7.33. The van der Waals surface area contributed by atoms with E-state index < -0.39 is 0 Å². The van der Waals surface area contributed by atoms with Crippen LogP contribution in [0, 0.1) is 0 Å².